The summed E-state index contributed by atoms with van der Waals surface area (Å²) in [6.45, 7) is 0. The molecule has 188 valence electrons. The number of hydrogen-bond acceptors (Lipinski definition) is 4. The van der Waals surface area contributed by atoms with Crippen LogP contribution in [-0.2, 0) is 0 Å². The van der Waals surface area contributed by atoms with E-state index >= 15 is 0 Å². The number of thiophene rings is 2. The Balaban J connectivity index is 1.36. The molecule has 8 rings (SSSR count). The molecule has 40 heavy (non-hydrogen) atoms. The Morgan fingerprint density at radius 2 is 1.15 bits per heavy atom. The van der Waals surface area contributed by atoms with Crippen molar-refractivity contribution >= 4 is 52.9 Å². The monoisotopic (exact) mass is 546 g/mol. The highest BCUT2D eigenvalue weighted by Gasteiger charge is 2.16. The van der Waals surface area contributed by atoms with E-state index in [1.54, 1.807) is 11.3 Å². The molecule has 8 aromatic rings. The van der Waals surface area contributed by atoms with Crippen molar-refractivity contribution in [1.29, 1.82) is 0 Å². The smallest absolute Gasteiger partial charge is 0.161 e. The summed E-state index contributed by atoms with van der Waals surface area (Å²) in [7, 11) is 0. The zero-order valence-electron chi connectivity index (χ0n) is 21.4. The minimum atomic E-state index is 0.757. The summed E-state index contributed by atoms with van der Waals surface area (Å²) in [6, 6.07) is 47.2. The minimum Gasteiger partial charge on any atom is -0.228 e. The van der Waals surface area contributed by atoms with Gasteiger partial charge in [0.1, 0.15) is 0 Å². The van der Waals surface area contributed by atoms with Crippen LogP contribution in [0, 0.1) is 0 Å². The lowest BCUT2D eigenvalue weighted by Gasteiger charge is -2.10. The number of rotatable bonds is 4. The SMILES string of the molecule is c1ccc(-c2cccc(-c3cc(-c4cc5ccccc5s4)nc(-c4cccc5c4sc4ccccc45)n3)c2)cc1. The third-order valence-corrected chi connectivity index (χ3v) is 9.67. The molecule has 0 atom stereocenters. The first-order valence-corrected chi connectivity index (χ1v) is 14.9. The third-order valence-electron chi connectivity index (χ3n) is 7.31. The summed E-state index contributed by atoms with van der Waals surface area (Å²) in [5.74, 6) is 0.757. The molecule has 0 radical (unpaired) electrons. The fourth-order valence-corrected chi connectivity index (χ4v) is 7.60. The van der Waals surface area contributed by atoms with Crippen molar-refractivity contribution in [3.63, 3.8) is 0 Å². The molecular formula is C36H22N2S2. The Labute approximate surface area is 239 Å². The van der Waals surface area contributed by atoms with Crippen molar-refractivity contribution in [2.45, 2.75) is 0 Å². The molecule has 3 heterocycles. The number of hydrogen-bond donors (Lipinski definition) is 0. The van der Waals surface area contributed by atoms with Crippen molar-refractivity contribution in [2.75, 3.05) is 0 Å². The first kappa shape index (κ1) is 23.3. The van der Waals surface area contributed by atoms with Crippen LogP contribution in [0.2, 0.25) is 0 Å². The maximum Gasteiger partial charge on any atom is 0.161 e. The predicted molar refractivity (Wildman–Crippen MR) is 172 cm³/mol. The Bertz CT molecular complexity index is 2140. The maximum absolute atomic E-state index is 5.21. The normalized spacial score (nSPS) is 11.5. The molecule has 5 aromatic carbocycles. The molecule has 0 N–H and O–H groups in total. The molecule has 0 unspecified atom stereocenters. The van der Waals surface area contributed by atoms with E-state index in [2.05, 4.69) is 133 Å². The van der Waals surface area contributed by atoms with Crippen LogP contribution in [0.5, 0.6) is 0 Å². The molecule has 0 saturated carbocycles. The second-order valence-electron chi connectivity index (χ2n) is 9.84. The summed E-state index contributed by atoms with van der Waals surface area (Å²) >= 11 is 3.59. The van der Waals surface area contributed by atoms with Crippen LogP contribution in [0.4, 0.5) is 0 Å². The topological polar surface area (TPSA) is 25.8 Å². The number of nitrogens with zero attached hydrogens (tertiary/aromatic N) is 2. The lowest BCUT2D eigenvalue weighted by atomic mass is 10.0. The van der Waals surface area contributed by atoms with Gasteiger partial charge in [0.15, 0.2) is 5.82 Å². The van der Waals surface area contributed by atoms with Gasteiger partial charge < -0.3 is 0 Å². The number of aromatic nitrogens is 2. The summed E-state index contributed by atoms with van der Waals surface area (Å²) < 4.78 is 3.76. The zero-order valence-corrected chi connectivity index (χ0v) is 23.0. The highest BCUT2D eigenvalue weighted by atomic mass is 32.1. The molecule has 3 aromatic heterocycles. The van der Waals surface area contributed by atoms with Crippen molar-refractivity contribution < 1.29 is 0 Å². The van der Waals surface area contributed by atoms with Gasteiger partial charge in [0.25, 0.3) is 0 Å². The highest BCUT2D eigenvalue weighted by molar-refractivity contribution is 7.26. The highest BCUT2D eigenvalue weighted by Crippen LogP contribution is 2.41. The van der Waals surface area contributed by atoms with Crippen molar-refractivity contribution in [3.05, 3.63) is 133 Å². The van der Waals surface area contributed by atoms with Crippen LogP contribution >= 0.6 is 22.7 Å². The Morgan fingerprint density at radius 3 is 2.05 bits per heavy atom. The van der Waals surface area contributed by atoms with Gasteiger partial charge in [-0.3, -0.25) is 0 Å². The third kappa shape index (κ3) is 4.01. The van der Waals surface area contributed by atoms with E-state index in [0.717, 1.165) is 33.2 Å². The largest absolute Gasteiger partial charge is 0.228 e. The van der Waals surface area contributed by atoms with Gasteiger partial charge in [0, 0.05) is 36.0 Å². The van der Waals surface area contributed by atoms with Gasteiger partial charge in [-0.05, 0) is 52.9 Å². The fourth-order valence-electron chi connectivity index (χ4n) is 5.36. The first-order valence-electron chi connectivity index (χ1n) is 13.2. The molecule has 0 bridgehead atoms. The molecule has 0 spiro atoms. The van der Waals surface area contributed by atoms with Crippen LogP contribution in [-0.4, -0.2) is 9.97 Å². The standard InChI is InChI=1S/C36H22N2S2/c1-2-10-23(11-3-1)24-13-8-14-25(20-24)30-22-31(34-21-26-12-4-6-18-32(26)39-34)38-36(37-30)29-17-9-16-28-27-15-5-7-19-33(27)40-35(28)29/h1-22H. The van der Waals surface area contributed by atoms with E-state index in [-0.39, 0.29) is 0 Å². The average molecular weight is 547 g/mol. The molecule has 0 aliphatic heterocycles. The number of benzene rings is 5. The Kier molecular flexibility index (Phi) is 5.54. The second kappa shape index (κ2) is 9.53. The van der Waals surface area contributed by atoms with Crippen LogP contribution < -0.4 is 0 Å². The van der Waals surface area contributed by atoms with Crippen LogP contribution in [0.25, 0.3) is 74.6 Å². The summed E-state index contributed by atoms with van der Waals surface area (Å²) in [5.41, 5.74) is 6.39. The van der Waals surface area contributed by atoms with Crippen LogP contribution in [0.3, 0.4) is 0 Å². The Hall–Kier alpha value is -4.64. The fraction of sp³-hybridized carbons (Fsp3) is 0. The lowest BCUT2D eigenvalue weighted by molar-refractivity contribution is 1.19. The molecule has 0 aliphatic carbocycles. The molecule has 0 amide bonds. The number of fused-ring (bicyclic) bond motifs is 4. The van der Waals surface area contributed by atoms with E-state index in [9.17, 15) is 0 Å². The molecule has 4 heteroatoms. The van der Waals surface area contributed by atoms with Gasteiger partial charge in [0.2, 0.25) is 0 Å². The summed E-state index contributed by atoms with van der Waals surface area (Å²) in [6.07, 6.45) is 0. The zero-order chi connectivity index (χ0) is 26.5. The van der Waals surface area contributed by atoms with E-state index < -0.39 is 0 Å². The molecule has 0 saturated heterocycles. The van der Waals surface area contributed by atoms with Crippen LogP contribution in [0.15, 0.2) is 133 Å². The lowest BCUT2D eigenvalue weighted by Crippen LogP contribution is -1.95. The van der Waals surface area contributed by atoms with Crippen molar-refractivity contribution in [3.8, 4) is 44.3 Å². The van der Waals surface area contributed by atoms with E-state index in [4.69, 9.17) is 9.97 Å². The van der Waals surface area contributed by atoms with Crippen molar-refractivity contribution in [2.24, 2.45) is 0 Å². The van der Waals surface area contributed by atoms with Gasteiger partial charge in [-0.15, -0.1) is 22.7 Å². The predicted octanol–water partition coefficient (Wildman–Crippen LogP) is 10.7. The van der Waals surface area contributed by atoms with E-state index in [1.165, 1.54) is 41.4 Å². The van der Waals surface area contributed by atoms with Gasteiger partial charge in [-0.2, -0.15) is 0 Å². The molecule has 2 nitrogen and oxygen atoms in total. The van der Waals surface area contributed by atoms with Gasteiger partial charge in [-0.25, -0.2) is 9.97 Å². The maximum atomic E-state index is 5.21. The van der Waals surface area contributed by atoms with E-state index in [0.29, 0.717) is 0 Å². The Morgan fingerprint density at radius 1 is 0.450 bits per heavy atom. The van der Waals surface area contributed by atoms with Gasteiger partial charge in [-0.1, -0.05) is 97.1 Å². The molecular weight excluding hydrogens is 525 g/mol. The summed E-state index contributed by atoms with van der Waals surface area (Å²) in [5, 5.41) is 3.77. The quantitative estimate of drug-likeness (QED) is 0.219. The van der Waals surface area contributed by atoms with Gasteiger partial charge >= 0.3 is 0 Å². The van der Waals surface area contributed by atoms with E-state index in [1.807, 2.05) is 11.3 Å². The van der Waals surface area contributed by atoms with Crippen LogP contribution in [0.1, 0.15) is 0 Å². The van der Waals surface area contributed by atoms with Gasteiger partial charge in [0.05, 0.1) is 16.3 Å². The minimum absolute atomic E-state index is 0.757. The second-order valence-corrected chi connectivity index (χ2v) is 12.0. The molecule has 0 aliphatic rings. The first-order chi connectivity index (χ1) is 19.8. The average Bonchev–Trinajstić information content (AvgIpc) is 3.63. The molecule has 0 fully saturated rings. The summed E-state index contributed by atoms with van der Waals surface area (Å²) in [4.78, 5) is 11.6. The van der Waals surface area contributed by atoms with Crippen molar-refractivity contribution in [1.82, 2.24) is 9.97 Å².